The van der Waals surface area contributed by atoms with Crippen LogP contribution in [0.1, 0.15) is 406 Å². The van der Waals surface area contributed by atoms with E-state index in [9.17, 15) is 19.8 Å². The number of allylic oxidation sites excluding steroid dienone is 5. The van der Waals surface area contributed by atoms with E-state index in [0.29, 0.717) is 19.4 Å². The Labute approximate surface area is 506 Å². The third-order valence-electron chi connectivity index (χ3n) is 17.1. The van der Waals surface area contributed by atoms with Crippen LogP contribution in [0.4, 0.5) is 0 Å². The van der Waals surface area contributed by atoms with Crippen molar-refractivity contribution in [2.24, 2.45) is 0 Å². The Kier molecular flexibility index (Phi) is 68.9. The number of amides is 1. The van der Waals surface area contributed by atoms with Gasteiger partial charge in [-0.25, -0.2) is 0 Å². The van der Waals surface area contributed by atoms with Crippen LogP contribution < -0.4 is 5.32 Å². The Bertz CT molecular complexity index is 1310. The van der Waals surface area contributed by atoms with Crippen molar-refractivity contribution in [1.82, 2.24) is 5.32 Å². The molecule has 0 saturated heterocycles. The van der Waals surface area contributed by atoms with Crippen molar-refractivity contribution < 1.29 is 24.5 Å². The quantitative estimate of drug-likeness (QED) is 0.0320. The zero-order valence-electron chi connectivity index (χ0n) is 54.8. The number of hydrogen-bond acceptors (Lipinski definition) is 5. The van der Waals surface area contributed by atoms with Crippen LogP contribution in [-0.4, -0.2) is 47.4 Å². The second kappa shape index (κ2) is 70.6. The molecule has 0 aliphatic heterocycles. The number of nitrogens with one attached hydrogen (secondary N) is 1. The van der Waals surface area contributed by atoms with Gasteiger partial charge in [0.05, 0.1) is 25.4 Å². The van der Waals surface area contributed by atoms with E-state index in [1.54, 1.807) is 6.08 Å². The second-order valence-corrected chi connectivity index (χ2v) is 25.3. The first-order valence-electron chi connectivity index (χ1n) is 36.8. The first-order chi connectivity index (χ1) is 40.0. The van der Waals surface area contributed by atoms with Gasteiger partial charge in [0, 0.05) is 12.8 Å². The molecule has 0 rings (SSSR count). The molecular weight excluding hydrogens is 995 g/mol. The highest BCUT2D eigenvalue weighted by atomic mass is 16.5. The van der Waals surface area contributed by atoms with E-state index in [1.807, 2.05) is 6.08 Å². The molecule has 0 spiro atoms. The van der Waals surface area contributed by atoms with Crippen LogP contribution in [0.15, 0.2) is 36.5 Å². The van der Waals surface area contributed by atoms with Crippen LogP contribution in [0, 0.1) is 0 Å². The minimum absolute atomic E-state index is 0.0163. The summed E-state index contributed by atoms with van der Waals surface area (Å²) in [6, 6.07) is -0.628. The van der Waals surface area contributed by atoms with Crippen molar-refractivity contribution in [3.8, 4) is 0 Å². The highest BCUT2D eigenvalue weighted by molar-refractivity contribution is 5.76. The molecule has 1 amide bonds. The summed E-state index contributed by atoms with van der Waals surface area (Å²) in [5.41, 5.74) is 0. The van der Waals surface area contributed by atoms with E-state index in [1.165, 1.54) is 340 Å². The summed E-state index contributed by atoms with van der Waals surface area (Å²) in [5, 5.41) is 23.2. The Morgan fingerprint density at radius 2 is 0.580 bits per heavy atom. The van der Waals surface area contributed by atoms with Gasteiger partial charge in [-0.15, -0.1) is 0 Å². The molecule has 0 aromatic carbocycles. The maximum Gasteiger partial charge on any atom is 0.305 e. The van der Waals surface area contributed by atoms with Crippen molar-refractivity contribution in [3.05, 3.63) is 36.5 Å². The summed E-state index contributed by atoms with van der Waals surface area (Å²) in [6.45, 7) is 4.93. The lowest BCUT2D eigenvalue weighted by Crippen LogP contribution is -2.45. The lowest BCUT2D eigenvalue weighted by Gasteiger charge is -2.20. The van der Waals surface area contributed by atoms with Crippen molar-refractivity contribution in [2.45, 2.75) is 418 Å². The molecule has 0 fully saturated rings. The Balaban J connectivity index is 3.37. The van der Waals surface area contributed by atoms with E-state index in [4.69, 9.17) is 4.74 Å². The molecule has 3 N–H and O–H groups in total. The minimum atomic E-state index is -0.844. The minimum Gasteiger partial charge on any atom is -0.466 e. The molecule has 0 aliphatic carbocycles. The van der Waals surface area contributed by atoms with Crippen LogP contribution in [0.25, 0.3) is 0 Å². The lowest BCUT2D eigenvalue weighted by molar-refractivity contribution is -0.143. The highest BCUT2D eigenvalue weighted by Crippen LogP contribution is 2.18. The zero-order chi connectivity index (χ0) is 58.5. The average Bonchev–Trinajstić information content (AvgIpc) is 3.47. The number of rotatable bonds is 69. The monoisotopic (exact) mass is 1140 g/mol. The maximum absolute atomic E-state index is 12.5. The summed E-state index contributed by atoms with van der Waals surface area (Å²) in [4.78, 5) is 24.6. The van der Waals surface area contributed by atoms with Gasteiger partial charge in [-0.05, 0) is 83.5 Å². The standard InChI is InChI=1S/C75H143NO5/c1-3-5-7-9-11-13-15-17-19-21-33-37-41-45-49-53-57-61-65-69-75(80)81-70-66-62-58-54-50-46-42-38-35-32-30-28-26-24-22-23-25-27-29-31-34-36-40-44-48-52-56-60-64-68-74(79)76-72(71-77)73(78)67-63-59-55-51-47-43-39-20-18-16-14-12-10-8-6-4-2/h17,19,22,24,63,67,72-73,77-78H,3-16,18,20-21,23,25-62,64-66,68-71H2,1-2H3,(H,76,79)/b19-17-,24-22-,67-63+. The fraction of sp³-hybridized carbons (Fsp3) is 0.893. The third-order valence-corrected chi connectivity index (χ3v) is 17.1. The van der Waals surface area contributed by atoms with Gasteiger partial charge in [0.15, 0.2) is 0 Å². The molecule has 0 saturated carbocycles. The summed E-state index contributed by atoms with van der Waals surface area (Å²) >= 11 is 0. The number of aliphatic hydroxyl groups is 2. The van der Waals surface area contributed by atoms with Gasteiger partial charge in [0.25, 0.3) is 0 Å². The van der Waals surface area contributed by atoms with Crippen LogP contribution in [0.3, 0.4) is 0 Å². The topological polar surface area (TPSA) is 95.9 Å². The molecule has 0 radical (unpaired) electrons. The summed E-state index contributed by atoms with van der Waals surface area (Å²) in [6.07, 6.45) is 90.9. The molecule has 0 aromatic heterocycles. The van der Waals surface area contributed by atoms with Crippen molar-refractivity contribution in [2.75, 3.05) is 13.2 Å². The van der Waals surface area contributed by atoms with Crippen LogP contribution in [0.5, 0.6) is 0 Å². The molecule has 0 heterocycles. The number of carbonyl (C=O) groups excluding carboxylic acids is 2. The Hall–Kier alpha value is -1.92. The van der Waals surface area contributed by atoms with E-state index in [-0.39, 0.29) is 18.5 Å². The van der Waals surface area contributed by atoms with Gasteiger partial charge >= 0.3 is 5.97 Å². The molecule has 0 aromatic rings. The van der Waals surface area contributed by atoms with E-state index >= 15 is 0 Å². The SMILES string of the molecule is CCCCCCCC/C=C\CCCCCCCCCCCC(=O)OCCCCCCCCCCCCCC/C=C\CCCCCCCCCCCCCCCC(=O)NC(CO)C(O)/C=C/CCCCCCCCCCCCCCCC. The Morgan fingerprint density at radius 1 is 0.333 bits per heavy atom. The summed E-state index contributed by atoms with van der Waals surface area (Å²) in [7, 11) is 0. The largest absolute Gasteiger partial charge is 0.466 e. The molecule has 6 heteroatoms. The number of hydrogen-bond donors (Lipinski definition) is 3. The van der Waals surface area contributed by atoms with Gasteiger partial charge in [-0.3, -0.25) is 9.59 Å². The second-order valence-electron chi connectivity index (χ2n) is 25.3. The third kappa shape index (κ3) is 67.1. The lowest BCUT2D eigenvalue weighted by atomic mass is 10.0. The van der Waals surface area contributed by atoms with Crippen LogP contribution in [0.2, 0.25) is 0 Å². The highest BCUT2D eigenvalue weighted by Gasteiger charge is 2.18. The number of carbonyl (C=O) groups is 2. The van der Waals surface area contributed by atoms with Gasteiger partial charge in [-0.1, -0.05) is 346 Å². The molecule has 2 atom stereocenters. The van der Waals surface area contributed by atoms with Crippen molar-refractivity contribution >= 4 is 11.9 Å². The van der Waals surface area contributed by atoms with Gasteiger partial charge < -0.3 is 20.3 Å². The molecule has 6 nitrogen and oxygen atoms in total. The first-order valence-corrected chi connectivity index (χ1v) is 36.8. The maximum atomic E-state index is 12.5. The van der Waals surface area contributed by atoms with Gasteiger partial charge in [0.2, 0.25) is 5.91 Å². The smallest absolute Gasteiger partial charge is 0.305 e. The summed E-state index contributed by atoms with van der Waals surface area (Å²) in [5.74, 6) is -0.0483. The Morgan fingerprint density at radius 3 is 0.877 bits per heavy atom. The predicted octanol–water partition coefficient (Wildman–Crippen LogP) is 23.9. The number of ether oxygens (including phenoxy) is 1. The molecule has 2 unspecified atom stereocenters. The van der Waals surface area contributed by atoms with Crippen LogP contribution >= 0.6 is 0 Å². The zero-order valence-corrected chi connectivity index (χ0v) is 54.8. The predicted molar refractivity (Wildman–Crippen MR) is 356 cm³/mol. The fourth-order valence-electron chi connectivity index (χ4n) is 11.5. The van der Waals surface area contributed by atoms with Crippen molar-refractivity contribution in [1.29, 1.82) is 0 Å². The molecule has 81 heavy (non-hydrogen) atoms. The fourth-order valence-corrected chi connectivity index (χ4v) is 11.5. The molecular formula is C75H143NO5. The van der Waals surface area contributed by atoms with Crippen LogP contribution in [-0.2, 0) is 14.3 Å². The molecule has 478 valence electrons. The number of esters is 1. The van der Waals surface area contributed by atoms with E-state index in [0.717, 1.165) is 38.5 Å². The summed E-state index contributed by atoms with van der Waals surface area (Å²) < 4.78 is 5.51. The van der Waals surface area contributed by atoms with E-state index < -0.39 is 12.1 Å². The van der Waals surface area contributed by atoms with Gasteiger partial charge in [-0.2, -0.15) is 0 Å². The number of unbranched alkanes of at least 4 members (excludes halogenated alkanes) is 54. The van der Waals surface area contributed by atoms with Gasteiger partial charge in [0.1, 0.15) is 0 Å². The van der Waals surface area contributed by atoms with E-state index in [2.05, 4.69) is 43.5 Å². The van der Waals surface area contributed by atoms with Crippen molar-refractivity contribution in [3.63, 3.8) is 0 Å². The molecule has 0 aliphatic rings. The first kappa shape index (κ1) is 79.1. The average molecular weight is 1140 g/mol. The number of aliphatic hydroxyl groups excluding tert-OH is 2. The normalized spacial score (nSPS) is 12.7. The molecule has 0 bridgehead atoms.